The van der Waals surface area contributed by atoms with Gasteiger partial charge in [-0.15, -0.1) is 0 Å². The summed E-state index contributed by atoms with van der Waals surface area (Å²) >= 11 is 0. The van der Waals surface area contributed by atoms with Crippen molar-refractivity contribution in [2.75, 3.05) is 6.54 Å². The van der Waals surface area contributed by atoms with Crippen LogP contribution in [0.2, 0.25) is 0 Å². The van der Waals surface area contributed by atoms with Crippen molar-refractivity contribution in [3.8, 4) is 0 Å². The van der Waals surface area contributed by atoms with Crippen LogP contribution in [0.1, 0.15) is 20.8 Å². The number of hydrogen-bond donors (Lipinski definition) is 1. The van der Waals surface area contributed by atoms with Gasteiger partial charge in [-0.25, -0.2) is 0 Å². The molecule has 0 aromatic carbocycles. The third-order valence-corrected chi connectivity index (χ3v) is 3.18. The topological polar surface area (TPSA) is 15.3 Å². The van der Waals surface area contributed by atoms with Crippen LogP contribution in [-0.2, 0) is 0 Å². The Kier molecular flexibility index (Phi) is 1.29. The summed E-state index contributed by atoms with van der Waals surface area (Å²) < 4.78 is 0. The Labute approximate surface area is 62.6 Å². The minimum absolute atomic E-state index is 0.699. The summed E-state index contributed by atoms with van der Waals surface area (Å²) in [5, 5.41) is 3.51. The lowest BCUT2D eigenvalue weighted by Gasteiger charge is -2.50. The maximum atomic E-state index is 3.51. The van der Waals surface area contributed by atoms with E-state index < -0.39 is 0 Å². The van der Waals surface area contributed by atoms with E-state index in [4.69, 9.17) is 0 Å². The molecule has 1 N–H and O–H groups in total. The molecule has 0 aromatic heterocycles. The van der Waals surface area contributed by atoms with Gasteiger partial charge in [0.1, 0.15) is 0 Å². The fourth-order valence-corrected chi connectivity index (χ4v) is 2.32. The highest BCUT2D eigenvalue weighted by atomic mass is 15.4. The van der Waals surface area contributed by atoms with Gasteiger partial charge in [0.2, 0.25) is 0 Å². The summed E-state index contributed by atoms with van der Waals surface area (Å²) in [6, 6.07) is 1.56. The first-order valence-electron chi connectivity index (χ1n) is 4.22. The zero-order chi connectivity index (χ0) is 7.30. The number of rotatable bonds is 0. The molecule has 0 amide bonds. The summed E-state index contributed by atoms with van der Waals surface area (Å²) in [7, 11) is 0. The lowest BCUT2D eigenvalue weighted by atomic mass is 9.88. The SMILES string of the molecule is CC1C(C)N2C1NC[C@@H]2C. The zero-order valence-electron chi connectivity index (χ0n) is 6.96. The van der Waals surface area contributed by atoms with E-state index in [0.717, 1.165) is 18.0 Å². The fraction of sp³-hybridized carbons (Fsp3) is 1.00. The van der Waals surface area contributed by atoms with E-state index in [1.807, 2.05) is 0 Å². The summed E-state index contributed by atoms with van der Waals surface area (Å²) in [5.41, 5.74) is 0. The average Bonchev–Trinajstić information content (AvgIpc) is 2.27. The van der Waals surface area contributed by atoms with Gasteiger partial charge in [0.25, 0.3) is 0 Å². The molecule has 0 aliphatic carbocycles. The Morgan fingerprint density at radius 3 is 2.60 bits per heavy atom. The molecule has 2 rings (SSSR count). The van der Waals surface area contributed by atoms with Crippen molar-refractivity contribution in [3.05, 3.63) is 0 Å². The quantitative estimate of drug-likeness (QED) is 0.531. The second kappa shape index (κ2) is 1.95. The van der Waals surface area contributed by atoms with Crippen LogP contribution in [0.3, 0.4) is 0 Å². The molecule has 0 radical (unpaired) electrons. The molecule has 10 heavy (non-hydrogen) atoms. The van der Waals surface area contributed by atoms with Crippen molar-refractivity contribution >= 4 is 0 Å². The molecule has 0 aromatic rings. The molecular formula is C8H16N2. The monoisotopic (exact) mass is 140 g/mol. The second-order valence-corrected chi connectivity index (χ2v) is 3.75. The molecule has 2 heterocycles. The van der Waals surface area contributed by atoms with Gasteiger partial charge in [-0.1, -0.05) is 6.92 Å². The molecular weight excluding hydrogens is 124 g/mol. The Morgan fingerprint density at radius 1 is 1.30 bits per heavy atom. The van der Waals surface area contributed by atoms with Crippen molar-refractivity contribution in [3.63, 3.8) is 0 Å². The molecule has 0 saturated carbocycles. The summed E-state index contributed by atoms with van der Waals surface area (Å²) in [5.74, 6) is 0.852. The van der Waals surface area contributed by atoms with Crippen molar-refractivity contribution in [1.82, 2.24) is 10.2 Å². The van der Waals surface area contributed by atoms with Gasteiger partial charge in [-0.2, -0.15) is 0 Å². The first kappa shape index (κ1) is 6.62. The fourth-order valence-electron chi connectivity index (χ4n) is 2.32. The van der Waals surface area contributed by atoms with Crippen LogP contribution in [0.15, 0.2) is 0 Å². The molecule has 2 nitrogen and oxygen atoms in total. The van der Waals surface area contributed by atoms with Gasteiger partial charge in [-0.05, 0) is 13.8 Å². The third kappa shape index (κ3) is 0.611. The smallest absolute Gasteiger partial charge is 0.0644 e. The first-order chi connectivity index (χ1) is 4.72. The van der Waals surface area contributed by atoms with Gasteiger partial charge in [0, 0.05) is 24.5 Å². The minimum Gasteiger partial charge on any atom is -0.300 e. The van der Waals surface area contributed by atoms with Gasteiger partial charge >= 0.3 is 0 Å². The third-order valence-electron chi connectivity index (χ3n) is 3.18. The van der Waals surface area contributed by atoms with E-state index >= 15 is 0 Å². The molecule has 2 saturated heterocycles. The van der Waals surface area contributed by atoms with Gasteiger partial charge in [0.05, 0.1) is 6.17 Å². The molecule has 58 valence electrons. The van der Waals surface area contributed by atoms with Crippen molar-refractivity contribution in [2.24, 2.45) is 5.92 Å². The Balaban J connectivity index is 2.09. The van der Waals surface area contributed by atoms with Gasteiger partial charge in [-0.3, -0.25) is 10.2 Å². The molecule has 2 aliphatic rings. The molecule has 3 unspecified atom stereocenters. The Hall–Kier alpha value is -0.0800. The number of hydrogen-bond acceptors (Lipinski definition) is 2. The van der Waals surface area contributed by atoms with E-state index in [-0.39, 0.29) is 0 Å². The summed E-state index contributed by atoms with van der Waals surface area (Å²) in [4.78, 5) is 2.57. The van der Waals surface area contributed by atoms with Crippen LogP contribution in [0.5, 0.6) is 0 Å². The predicted molar refractivity (Wildman–Crippen MR) is 41.7 cm³/mol. The van der Waals surface area contributed by atoms with E-state index in [9.17, 15) is 0 Å². The highest BCUT2D eigenvalue weighted by molar-refractivity contribution is 5.02. The molecule has 0 bridgehead atoms. The normalized spacial score (nSPS) is 54.3. The number of nitrogens with one attached hydrogen (secondary N) is 1. The Morgan fingerprint density at radius 2 is 2.00 bits per heavy atom. The number of nitrogens with zero attached hydrogens (tertiary/aromatic N) is 1. The number of fused-ring (bicyclic) bond motifs is 1. The largest absolute Gasteiger partial charge is 0.300 e. The summed E-state index contributed by atoms with van der Waals surface area (Å²) in [6.07, 6.45) is 0.699. The van der Waals surface area contributed by atoms with Gasteiger partial charge in [0.15, 0.2) is 0 Å². The molecule has 4 atom stereocenters. The zero-order valence-corrected chi connectivity index (χ0v) is 6.96. The van der Waals surface area contributed by atoms with Crippen LogP contribution in [0.4, 0.5) is 0 Å². The molecule has 2 heteroatoms. The van der Waals surface area contributed by atoms with Crippen LogP contribution in [0, 0.1) is 5.92 Å². The minimum atomic E-state index is 0.699. The Bertz CT molecular complexity index is 146. The van der Waals surface area contributed by atoms with Gasteiger partial charge < -0.3 is 0 Å². The van der Waals surface area contributed by atoms with E-state index in [0.29, 0.717) is 6.17 Å². The van der Waals surface area contributed by atoms with Crippen LogP contribution < -0.4 is 5.32 Å². The molecule has 0 spiro atoms. The maximum Gasteiger partial charge on any atom is 0.0644 e. The molecule has 2 aliphatic heterocycles. The first-order valence-corrected chi connectivity index (χ1v) is 4.22. The average molecular weight is 140 g/mol. The lowest BCUT2D eigenvalue weighted by molar-refractivity contribution is -0.0348. The lowest BCUT2D eigenvalue weighted by Crippen LogP contribution is -2.63. The van der Waals surface area contributed by atoms with Crippen LogP contribution in [-0.4, -0.2) is 29.7 Å². The van der Waals surface area contributed by atoms with Crippen molar-refractivity contribution in [2.45, 2.75) is 39.0 Å². The van der Waals surface area contributed by atoms with Crippen LogP contribution in [0.25, 0.3) is 0 Å². The summed E-state index contributed by atoms with van der Waals surface area (Å²) in [6.45, 7) is 8.14. The van der Waals surface area contributed by atoms with E-state index in [1.54, 1.807) is 0 Å². The van der Waals surface area contributed by atoms with E-state index in [1.165, 1.54) is 6.54 Å². The second-order valence-electron chi connectivity index (χ2n) is 3.75. The highest BCUT2D eigenvalue weighted by Gasteiger charge is 2.48. The van der Waals surface area contributed by atoms with E-state index in [2.05, 4.69) is 31.0 Å². The maximum absolute atomic E-state index is 3.51. The standard InChI is InChI=1S/C8H16N2/c1-5-4-9-8-6(2)7(3)10(5)8/h5-9H,4H2,1-3H3/t5-,6?,7?,8?/m0/s1. The van der Waals surface area contributed by atoms with Crippen LogP contribution >= 0.6 is 0 Å². The highest BCUT2D eigenvalue weighted by Crippen LogP contribution is 2.35. The van der Waals surface area contributed by atoms with Crippen molar-refractivity contribution < 1.29 is 0 Å². The molecule has 2 fully saturated rings. The predicted octanol–water partition coefficient (Wildman–Crippen LogP) is 0.644. The van der Waals surface area contributed by atoms with Crippen molar-refractivity contribution in [1.29, 1.82) is 0 Å².